The zero-order valence-electron chi connectivity index (χ0n) is 9.69. The number of rotatable bonds is 5. The second-order valence-corrected chi connectivity index (χ2v) is 5.15. The molecule has 1 aromatic rings. The molecule has 0 aliphatic carbocycles. The van der Waals surface area contributed by atoms with Gasteiger partial charge in [-0.25, -0.2) is 0 Å². The van der Waals surface area contributed by atoms with E-state index in [1.165, 1.54) is 11.8 Å². The summed E-state index contributed by atoms with van der Waals surface area (Å²) in [5.41, 5.74) is -0.731. The number of carbonyl (C=O) groups is 1. The topological polar surface area (TPSA) is 46.5 Å². The molecular formula is C12H16O3S. The Labute approximate surface area is 99.8 Å². The lowest BCUT2D eigenvalue weighted by Gasteiger charge is -2.18. The van der Waals surface area contributed by atoms with E-state index in [1.54, 1.807) is 21.0 Å². The molecule has 0 bridgehead atoms. The summed E-state index contributed by atoms with van der Waals surface area (Å²) in [6.45, 7) is 3.44. The first-order valence-corrected chi connectivity index (χ1v) is 5.95. The molecule has 0 saturated heterocycles. The molecule has 1 aromatic carbocycles. The number of aliphatic carboxylic acids is 1. The van der Waals surface area contributed by atoms with Crippen molar-refractivity contribution in [2.45, 2.75) is 18.7 Å². The predicted octanol–water partition coefficient (Wildman–Crippen LogP) is 2.90. The zero-order chi connectivity index (χ0) is 12.2. The fourth-order valence-electron chi connectivity index (χ4n) is 1.06. The summed E-state index contributed by atoms with van der Waals surface area (Å²) in [6, 6.07) is 7.61. The van der Waals surface area contributed by atoms with Gasteiger partial charge in [-0.3, -0.25) is 4.79 Å². The van der Waals surface area contributed by atoms with Crippen LogP contribution in [0.25, 0.3) is 0 Å². The largest absolute Gasteiger partial charge is 0.496 e. The molecule has 0 heterocycles. The van der Waals surface area contributed by atoms with Gasteiger partial charge in [-0.15, -0.1) is 11.8 Å². The van der Waals surface area contributed by atoms with Crippen LogP contribution < -0.4 is 4.74 Å². The van der Waals surface area contributed by atoms with Crippen LogP contribution in [-0.2, 0) is 4.79 Å². The van der Waals surface area contributed by atoms with Crippen LogP contribution in [0.4, 0.5) is 0 Å². The van der Waals surface area contributed by atoms with E-state index in [9.17, 15) is 4.79 Å². The number of ether oxygens (including phenoxy) is 1. The summed E-state index contributed by atoms with van der Waals surface area (Å²) in [4.78, 5) is 11.9. The van der Waals surface area contributed by atoms with Gasteiger partial charge in [0, 0.05) is 10.6 Å². The van der Waals surface area contributed by atoms with Crippen LogP contribution in [0.15, 0.2) is 29.2 Å². The van der Waals surface area contributed by atoms with Gasteiger partial charge in [-0.05, 0) is 26.0 Å². The summed E-state index contributed by atoms with van der Waals surface area (Å²) < 4.78 is 5.20. The molecule has 0 aliphatic heterocycles. The van der Waals surface area contributed by atoms with E-state index in [4.69, 9.17) is 9.84 Å². The Morgan fingerprint density at radius 3 is 2.62 bits per heavy atom. The number of thioether (sulfide) groups is 1. The van der Waals surface area contributed by atoms with E-state index >= 15 is 0 Å². The van der Waals surface area contributed by atoms with Crippen LogP contribution in [0.3, 0.4) is 0 Å². The molecule has 0 aliphatic rings. The number of hydrogen-bond donors (Lipinski definition) is 1. The lowest BCUT2D eigenvalue weighted by molar-refractivity contribution is -0.145. The number of methoxy groups -OCH3 is 1. The third-order valence-electron chi connectivity index (χ3n) is 2.24. The molecule has 0 radical (unpaired) electrons. The Balaban J connectivity index is 2.71. The quantitative estimate of drug-likeness (QED) is 0.804. The fourth-order valence-corrected chi connectivity index (χ4v) is 2.17. The molecule has 0 unspecified atom stereocenters. The molecule has 16 heavy (non-hydrogen) atoms. The molecule has 0 saturated carbocycles. The van der Waals surface area contributed by atoms with Crippen LogP contribution in [-0.4, -0.2) is 23.9 Å². The van der Waals surface area contributed by atoms with Gasteiger partial charge in [-0.2, -0.15) is 0 Å². The normalized spacial score (nSPS) is 11.2. The van der Waals surface area contributed by atoms with Crippen molar-refractivity contribution in [1.82, 2.24) is 0 Å². The van der Waals surface area contributed by atoms with Crippen LogP contribution in [0.2, 0.25) is 0 Å². The minimum absolute atomic E-state index is 0.517. The standard InChI is InChI=1S/C12H16O3S/c1-12(2,11(13)14)8-16-10-7-5-4-6-9(10)15-3/h4-7H,8H2,1-3H3,(H,13,14). The molecule has 0 spiro atoms. The monoisotopic (exact) mass is 240 g/mol. The van der Waals surface area contributed by atoms with E-state index in [-0.39, 0.29) is 0 Å². The Morgan fingerprint density at radius 2 is 2.06 bits per heavy atom. The Kier molecular flexibility index (Phi) is 4.24. The van der Waals surface area contributed by atoms with Crippen molar-refractivity contribution in [3.05, 3.63) is 24.3 Å². The molecule has 1 N–H and O–H groups in total. The summed E-state index contributed by atoms with van der Waals surface area (Å²) in [6.07, 6.45) is 0. The molecule has 3 nitrogen and oxygen atoms in total. The maximum Gasteiger partial charge on any atom is 0.309 e. The third kappa shape index (κ3) is 3.17. The molecule has 4 heteroatoms. The molecular weight excluding hydrogens is 224 g/mol. The molecule has 1 rings (SSSR count). The Hall–Kier alpha value is -1.16. The van der Waals surface area contributed by atoms with Gasteiger partial charge < -0.3 is 9.84 Å². The van der Waals surface area contributed by atoms with Gasteiger partial charge in [0.2, 0.25) is 0 Å². The minimum atomic E-state index is -0.783. The van der Waals surface area contributed by atoms with Crippen molar-refractivity contribution in [3.63, 3.8) is 0 Å². The van der Waals surface area contributed by atoms with Crippen molar-refractivity contribution in [1.29, 1.82) is 0 Å². The molecule has 0 atom stereocenters. The highest BCUT2D eigenvalue weighted by Gasteiger charge is 2.27. The van der Waals surface area contributed by atoms with E-state index in [0.717, 1.165) is 10.6 Å². The smallest absolute Gasteiger partial charge is 0.309 e. The van der Waals surface area contributed by atoms with Crippen molar-refractivity contribution in [2.75, 3.05) is 12.9 Å². The molecule has 0 fully saturated rings. The van der Waals surface area contributed by atoms with Gasteiger partial charge in [0.1, 0.15) is 5.75 Å². The maximum atomic E-state index is 11.0. The number of carboxylic acids is 1. The van der Waals surface area contributed by atoms with E-state index in [1.807, 2.05) is 24.3 Å². The lowest BCUT2D eigenvalue weighted by atomic mass is 9.97. The van der Waals surface area contributed by atoms with Crippen molar-refractivity contribution >= 4 is 17.7 Å². The SMILES string of the molecule is COc1ccccc1SCC(C)(C)C(=O)O. The number of para-hydroxylation sites is 1. The van der Waals surface area contributed by atoms with Crippen LogP contribution >= 0.6 is 11.8 Å². The van der Waals surface area contributed by atoms with Gasteiger partial charge in [0.05, 0.1) is 12.5 Å². The fraction of sp³-hybridized carbons (Fsp3) is 0.417. The van der Waals surface area contributed by atoms with Crippen LogP contribution in [0.5, 0.6) is 5.75 Å². The Morgan fingerprint density at radius 1 is 1.44 bits per heavy atom. The average Bonchev–Trinajstić information content (AvgIpc) is 2.26. The van der Waals surface area contributed by atoms with Gasteiger partial charge in [0.15, 0.2) is 0 Å². The molecule has 0 aromatic heterocycles. The predicted molar refractivity (Wildman–Crippen MR) is 65.1 cm³/mol. The highest BCUT2D eigenvalue weighted by Crippen LogP contribution is 2.33. The van der Waals surface area contributed by atoms with Crippen molar-refractivity contribution in [3.8, 4) is 5.75 Å². The Bertz CT molecular complexity index is 374. The van der Waals surface area contributed by atoms with Crippen LogP contribution in [0, 0.1) is 5.41 Å². The first kappa shape index (κ1) is 12.9. The van der Waals surface area contributed by atoms with Crippen LogP contribution in [0.1, 0.15) is 13.8 Å². The highest BCUT2D eigenvalue weighted by molar-refractivity contribution is 7.99. The van der Waals surface area contributed by atoms with E-state index in [0.29, 0.717) is 5.75 Å². The van der Waals surface area contributed by atoms with Gasteiger partial charge in [-0.1, -0.05) is 12.1 Å². The summed E-state index contributed by atoms with van der Waals surface area (Å²) in [5.74, 6) is 0.520. The lowest BCUT2D eigenvalue weighted by Crippen LogP contribution is -2.26. The molecule has 88 valence electrons. The second-order valence-electron chi connectivity index (χ2n) is 4.13. The number of hydrogen-bond acceptors (Lipinski definition) is 3. The van der Waals surface area contributed by atoms with Crippen molar-refractivity contribution in [2.24, 2.45) is 5.41 Å². The summed E-state index contributed by atoms with van der Waals surface area (Å²) in [7, 11) is 1.61. The maximum absolute atomic E-state index is 11.0. The number of benzene rings is 1. The first-order valence-electron chi connectivity index (χ1n) is 4.96. The first-order chi connectivity index (χ1) is 7.47. The summed E-state index contributed by atoms with van der Waals surface area (Å²) >= 11 is 1.50. The minimum Gasteiger partial charge on any atom is -0.496 e. The molecule has 0 amide bonds. The van der Waals surface area contributed by atoms with E-state index in [2.05, 4.69) is 0 Å². The zero-order valence-corrected chi connectivity index (χ0v) is 10.5. The average molecular weight is 240 g/mol. The van der Waals surface area contributed by atoms with E-state index < -0.39 is 11.4 Å². The van der Waals surface area contributed by atoms with Crippen molar-refractivity contribution < 1.29 is 14.6 Å². The third-order valence-corrected chi connectivity index (χ3v) is 3.75. The van der Waals surface area contributed by atoms with Gasteiger partial charge >= 0.3 is 5.97 Å². The number of carboxylic acid groups (broad SMARTS) is 1. The van der Waals surface area contributed by atoms with Gasteiger partial charge in [0.25, 0.3) is 0 Å². The highest BCUT2D eigenvalue weighted by atomic mass is 32.2. The summed E-state index contributed by atoms with van der Waals surface area (Å²) in [5, 5.41) is 9.00. The second kappa shape index (κ2) is 5.25.